The van der Waals surface area contributed by atoms with E-state index in [4.69, 9.17) is 28.9 Å². The summed E-state index contributed by atoms with van der Waals surface area (Å²) in [4.78, 5) is 25.2. The van der Waals surface area contributed by atoms with Crippen molar-refractivity contribution in [3.05, 3.63) is 86.9 Å². The van der Waals surface area contributed by atoms with Gasteiger partial charge in [0.2, 0.25) is 0 Å². The van der Waals surface area contributed by atoms with Crippen LogP contribution in [0.5, 0.6) is 0 Å². The Bertz CT molecular complexity index is 1610. The number of aromatic amines is 1. The Morgan fingerprint density at radius 3 is 2.69 bits per heavy atom. The molecule has 10 nitrogen and oxygen atoms in total. The highest BCUT2D eigenvalue weighted by Crippen LogP contribution is 2.37. The fourth-order valence-corrected chi connectivity index (χ4v) is 4.93. The van der Waals surface area contributed by atoms with Crippen molar-refractivity contribution in [2.24, 2.45) is 0 Å². The van der Waals surface area contributed by atoms with E-state index in [9.17, 15) is 4.79 Å². The van der Waals surface area contributed by atoms with Crippen molar-refractivity contribution in [3.8, 4) is 28.2 Å². The van der Waals surface area contributed by atoms with Crippen LogP contribution in [-0.2, 0) is 6.42 Å². The van der Waals surface area contributed by atoms with Crippen LogP contribution in [0.4, 0.5) is 5.82 Å². The fourth-order valence-electron chi connectivity index (χ4n) is 4.50. The first-order valence-corrected chi connectivity index (χ1v) is 11.5. The molecule has 0 fully saturated rings. The number of rotatable bonds is 4. The van der Waals surface area contributed by atoms with Crippen LogP contribution in [0.2, 0.25) is 10.2 Å². The van der Waals surface area contributed by atoms with E-state index in [1.807, 2.05) is 18.2 Å². The number of aryl methyl sites for hydroxylation is 1. The predicted octanol–water partition coefficient (Wildman–Crippen LogP) is 4.12. The fraction of sp³-hybridized carbons (Fsp3) is 0.130. The van der Waals surface area contributed by atoms with Gasteiger partial charge in [-0.1, -0.05) is 23.2 Å². The average molecular weight is 543 g/mol. The quantitative estimate of drug-likeness (QED) is 0.349. The van der Waals surface area contributed by atoms with Crippen molar-refractivity contribution >= 4 is 41.4 Å². The van der Waals surface area contributed by atoms with Gasteiger partial charge in [0, 0.05) is 34.1 Å². The van der Waals surface area contributed by atoms with Crippen molar-refractivity contribution in [2.75, 3.05) is 5.73 Å². The van der Waals surface area contributed by atoms with Gasteiger partial charge in [-0.2, -0.15) is 4.68 Å². The second-order valence-corrected chi connectivity index (χ2v) is 8.97. The van der Waals surface area contributed by atoms with E-state index < -0.39 is 0 Å². The molecular formula is C23H18Cl3N9O. The Balaban J connectivity index is 0.00000267. The van der Waals surface area contributed by atoms with Gasteiger partial charge >= 0.3 is 0 Å². The van der Waals surface area contributed by atoms with E-state index in [1.54, 1.807) is 35.0 Å². The molecule has 1 atom stereocenters. The number of hydrogen-bond donors (Lipinski definition) is 2. The molecular weight excluding hydrogens is 525 g/mol. The van der Waals surface area contributed by atoms with Crippen LogP contribution >= 0.6 is 35.6 Å². The molecule has 1 aliphatic rings. The van der Waals surface area contributed by atoms with Gasteiger partial charge < -0.3 is 15.3 Å². The number of H-pyrrole nitrogens is 1. The predicted molar refractivity (Wildman–Crippen MR) is 139 cm³/mol. The number of nitrogens with one attached hydrogen (secondary N) is 1. The number of nitrogen functional groups attached to an aromatic ring is 1. The van der Waals surface area contributed by atoms with E-state index in [2.05, 4.69) is 30.5 Å². The van der Waals surface area contributed by atoms with Crippen LogP contribution in [0.1, 0.15) is 23.9 Å². The lowest BCUT2D eigenvalue weighted by Crippen LogP contribution is -2.23. The molecule has 1 aromatic carbocycles. The van der Waals surface area contributed by atoms with Crippen LogP contribution < -0.4 is 11.3 Å². The summed E-state index contributed by atoms with van der Waals surface area (Å²) in [5, 5.41) is 12.3. The van der Waals surface area contributed by atoms with Gasteiger partial charge in [-0.3, -0.25) is 4.79 Å². The number of nitrogens with zero attached hydrogens (tertiary/aromatic N) is 7. The first-order valence-electron chi connectivity index (χ1n) is 10.7. The molecule has 0 saturated carbocycles. The van der Waals surface area contributed by atoms with E-state index in [1.165, 1.54) is 11.0 Å². The SMILES string of the molecule is Cl.Nc1ccc(-c2nc(Cl)c([C@@H]3CCc4cc(-c5cc(Cl)ccc5-n5cnnn5)cc(=O)n43)[nH]2)cn1. The highest BCUT2D eigenvalue weighted by molar-refractivity contribution is 6.31. The lowest BCUT2D eigenvalue weighted by Gasteiger charge is -2.15. The van der Waals surface area contributed by atoms with Crippen LogP contribution in [0.3, 0.4) is 0 Å². The number of fused-ring (bicyclic) bond motifs is 1. The number of halogens is 3. The van der Waals surface area contributed by atoms with Crippen molar-refractivity contribution in [1.82, 2.24) is 39.7 Å². The molecule has 0 aliphatic carbocycles. The van der Waals surface area contributed by atoms with Crippen LogP contribution in [0.15, 0.2) is 59.8 Å². The van der Waals surface area contributed by atoms with Crippen molar-refractivity contribution in [3.63, 3.8) is 0 Å². The molecule has 1 aliphatic heterocycles. The highest BCUT2D eigenvalue weighted by Gasteiger charge is 2.29. The van der Waals surface area contributed by atoms with Gasteiger partial charge in [0.25, 0.3) is 5.56 Å². The third-order valence-electron chi connectivity index (χ3n) is 6.08. The summed E-state index contributed by atoms with van der Waals surface area (Å²) in [5.74, 6) is 0.988. The van der Waals surface area contributed by atoms with Crippen LogP contribution in [0.25, 0.3) is 28.2 Å². The summed E-state index contributed by atoms with van der Waals surface area (Å²) in [6, 6.07) is 12.2. The summed E-state index contributed by atoms with van der Waals surface area (Å²) in [6.45, 7) is 0. The molecule has 0 amide bonds. The van der Waals surface area contributed by atoms with E-state index >= 15 is 0 Å². The minimum absolute atomic E-state index is 0. The number of anilines is 1. The lowest BCUT2D eigenvalue weighted by molar-refractivity contribution is 0.588. The van der Waals surface area contributed by atoms with Crippen LogP contribution in [-0.4, -0.2) is 39.7 Å². The standard InChI is InChI=1S/C23H17Cl2N9O.ClH/c24-14-2-4-17(33-11-28-31-32-33)16(9-14)13-7-15-3-5-18(34(15)20(35)8-13)21-22(25)30-23(29-21)12-1-6-19(26)27-10-12;/h1-2,4,6-11,18H,3,5H2,(H2,26,27)(H,29,30);1H/t18-;/m0./s1. The van der Waals surface area contributed by atoms with Crippen molar-refractivity contribution in [2.45, 2.75) is 18.9 Å². The van der Waals surface area contributed by atoms with E-state index in [-0.39, 0.29) is 24.0 Å². The number of hydrogen-bond acceptors (Lipinski definition) is 7. The molecule has 5 aromatic rings. The molecule has 0 radical (unpaired) electrons. The summed E-state index contributed by atoms with van der Waals surface area (Å²) >= 11 is 12.8. The molecule has 36 heavy (non-hydrogen) atoms. The second-order valence-electron chi connectivity index (χ2n) is 8.18. The summed E-state index contributed by atoms with van der Waals surface area (Å²) in [7, 11) is 0. The zero-order chi connectivity index (χ0) is 24.1. The number of nitrogens with two attached hydrogens (primary N) is 1. The van der Waals surface area contributed by atoms with Crippen LogP contribution in [0, 0.1) is 0 Å². The number of imidazole rings is 1. The molecule has 13 heteroatoms. The maximum atomic E-state index is 13.4. The molecule has 0 bridgehead atoms. The Hall–Kier alpha value is -3.73. The summed E-state index contributed by atoms with van der Waals surface area (Å²) in [6.07, 6.45) is 4.53. The van der Waals surface area contributed by atoms with Gasteiger partial charge in [-0.25, -0.2) is 9.97 Å². The van der Waals surface area contributed by atoms with Gasteiger partial charge in [0.15, 0.2) is 5.15 Å². The van der Waals surface area contributed by atoms with Gasteiger partial charge in [0.05, 0.1) is 17.4 Å². The lowest BCUT2D eigenvalue weighted by atomic mass is 10.0. The first-order chi connectivity index (χ1) is 17.0. The molecule has 0 spiro atoms. The van der Waals surface area contributed by atoms with Gasteiger partial charge in [-0.05, 0) is 65.2 Å². The Morgan fingerprint density at radius 2 is 1.94 bits per heavy atom. The monoisotopic (exact) mass is 541 g/mol. The number of benzene rings is 1. The van der Waals surface area contributed by atoms with E-state index in [0.717, 1.165) is 28.1 Å². The zero-order valence-corrected chi connectivity index (χ0v) is 20.8. The van der Waals surface area contributed by atoms with Gasteiger partial charge in [0.1, 0.15) is 18.0 Å². The first kappa shape index (κ1) is 24.0. The second kappa shape index (κ2) is 9.38. The maximum Gasteiger partial charge on any atom is 0.251 e. The normalized spacial score (nSPS) is 14.4. The third kappa shape index (κ3) is 4.13. The number of aromatic nitrogens is 8. The minimum atomic E-state index is -0.264. The summed E-state index contributed by atoms with van der Waals surface area (Å²) < 4.78 is 3.30. The van der Waals surface area contributed by atoms with E-state index in [0.29, 0.717) is 40.4 Å². The average Bonchev–Trinajstić information content (AvgIpc) is 3.59. The Labute approximate surface area is 220 Å². The Kier molecular flexibility index (Phi) is 6.25. The topological polar surface area (TPSA) is 133 Å². The highest BCUT2D eigenvalue weighted by atomic mass is 35.5. The minimum Gasteiger partial charge on any atom is -0.384 e. The molecule has 5 heterocycles. The van der Waals surface area contributed by atoms with Crippen molar-refractivity contribution < 1.29 is 0 Å². The summed E-state index contributed by atoms with van der Waals surface area (Å²) in [5.41, 5.74) is 10.1. The third-order valence-corrected chi connectivity index (χ3v) is 6.60. The zero-order valence-electron chi connectivity index (χ0n) is 18.5. The molecule has 6 rings (SSSR count). The number of tetrazole rings is 1. The molecule has 3 N–H and O–H groups in total. The number of pyridine rings is 2. The Morgan fingerprint density at radius 1 is 1.08 bits per heavy atom. The molecule has 182 valence electrons. The molecule has 0 saturated heterocycles. The van der Waals surface area contributed by atoms with Crippen molar-refractivity contribution in [1.29, 1.82) is 0 Å². The molecule has 0 unspecified atom stereocenters. The maximum absolute atomic E-state index is 13.4. The largest absolute Gasteiger partial charge is 0.384 e. The molecule has 4 aromatic heterocycles. The van der Waals surface area contributed by atoms with Gasteiger partial charge in [-0.15, -0.1) is 17.5 Å². The smallest absolute Gasteiger partial charge is 0.251 e.